The highest BCUT2D eigenvalue weighted by Crippen LogP contribution is 2.28. The predicted molar refractivity (Wildman–Crippen MR) is 115 cm³/mol. The van der Waals surface area contributed by atoms with Crippen molar-refractivity contribution in [2.75, 3.05) is 31.2 Å². The molecule has 0 amide bonds. The number of carboxylic acids is 1. The van der Waals surface area contributed by atoms with Crippen molar-refractivity contribution in [3.05, 3.63) is 59.7 Å². The molecule has 0 spiro atoms. The summed E-state index contributed by atoms with van der Waals surface area (Å²) in [5.41, 5.74) is 2.79. The topological polar surface area (TPSA) is 123 Å². The van der Waals surface area contributed by atoms with Crippen LogP contribution in [-0.4, -0.2) is 68.6 Å². The lowest BCUT2D eigenvalue weighted by Crippen LogP contribution is -2.37. The molecule has 2 aromatic heterocycles. The minimum absolute atomic E-state index is 0.132. The largest absolute Gasteiger partial charge is 0.478 e. The molecule has 1 saturated heterocycles. The van der Waals surface area contributed by atoms with Crippen molar-refractivity contribution < 1.29 is 19.4 Å². The van der Waals surface area contributed by atoms with Gasteiger partial charge in [-0.1, -0.05) is 29.5 Å². The third-order valence-electron chi connectivity index (χ3n) is 5.21. The number of aromatic carboxylic acids is 1. The fourth-order valence-corrected chi connectivity index (χ4v) is 3.62. The zero-order valence-corrected chi connectivity index (χ0v) is 16.9. The molecule has 10 nitrogen and oxygen atoms in total. The van der Waals surface area contributed by atoms with Crippen LogP contribution in [0.5, 0.6) is 0 Å². The molecule has 0 radical (unpaired) electrons. The van der Waals surface area contributed by atoms with Gasteiger partial charge in [0.25, 0.3) is 0 Å². The smallest absolute Gasteiger partial charge is 0.335 e. The molecule has 1 N–H and O–H groups in total. The van der Waals surface area contributed by atoms with E-state index in [1.807, 2.05) is 6.07 Å². The van der Waals surface area contributed by atoms with Crippen molar-refractivity contribution in [3.8, 4) is 17.1 Å². The lowest BCUT2D eigenvalue weighted by molar-refractivity contribution is 0.0696. The van der Waals surface area contributed by atoms with Gasteiger partial charge < -0.3 is 14.7 Å². The first kappa shape index (κ1) is 19.8. The molecule has 2 aromatic carbocycles. The summed E-state index contributed by atoms with van der Waals surface area (Å²) >= 11 is 0. The first-order valence-electron chi connectivity index (χ1n) is 9.99. The van der Waals surface area contributed by atoms with E-state index in [2.05, 4.69) is 15.2 Å². The number of rotatable bonds is 5. The molecule has 0 atom stereocenters. The van der Waals surface area contributed by atoms with Gasteiger partial charge in [-0.15, -0.1) is 5.10 Å². The van der Waals surface area contributed by atoms with Crippen molar-refractivity contribution in [2.24, 2.45) is 0 Å². The summed E-state index contributed by atoms with van der Waals surface area (Å²) in [4.78, 5) is 34.2. The maximum absolute atomic E-state index is 11.4. The number of hydrogen-bond acceptors (Lipinski definition) is 8. The molecule has 1 aliphatic rings. The van der Waals surface area contributed by atoms with E-state index in [9.17, 15) is 14.7 Å². The summed E-state index contributed by atoms with van der Waals surface area (Å²) in [6.45, 7) is 2.41. The van der Waals surface area contributed by atoms with Crippen LogP contribution in [0.4, 0.5) is 5.82 Å². The number of anilines is 1. The number of carboxylic acid groups (broad SMARTS) is 1. The quantitative estimate of drug-likeness (QED) is 0.475. The maximum atomic E-state index is 11.4. The fraction of sp³-hybridized carbons (Fsp3) is 0.182. The summed E-state index contributed by atoms with van der Waals surface area (Å²) in [6, 6.07) is 13.4. The molecular weight excluding hydrogens is 412 g/mol. The Balaban J connectivity index is 1.73. The van der Waals surface area contributed by atoms with E-state index in [0.29, 0.717) is 65.9 Å². The van der Waals surface area contributed by atoms with Gasteiger partial charge in [0.1, 0.15) is 6.29 Å². The van der Waals surface area contributed by atoms with Crippen LogP contribution >= 0.6 is 0 Å². The molecular formula is C22H18N6O4. The zero-order valence-electron chi connectivity index (χ0n) is 16.9. The number of carbonyl (C=O) groups is 2. The summed E-state index contributed by atoms with van der Waals surface area (Å²) < 4.78 is 6.97. The second-order valence-corrected chi connectivity index (χ2v) is 7.24. The lowest BCUT2D eigenvalue weighted by Gasteiger charge is -2.28. The van der Waals surface area contributed by atoms with E-state index < -0.39 is 5.97 Å². The number of aromatic nitrogens is 5. The Bertz CT molecular complexity index is 1330. The summed E-state index contributed by atoms with van der Waals surface area (Å²) in [5, 5.41) is 17.9. The van der Waals surface area contributed by atoms with Gasteiger partial charge in [-0.25, -0.2) is 14.8 Å². The molecule has 0 unspecified atom stereocenters. The SMILES string of the molecule is O=Cc1cccc(-c2nc(N3CCOCC3)c3nnn(-c4cccc(C(=O)O)c4)c3n2)c1. The second kappa shape index (κ2) is 8.16. The molecule has 0 saturated carbocycles. The van der Waals surface area contributed by atoms with Crippen molar-refractivity contribution >= 4 is 29.2 Å². The highest BCUT2D eigenvalue weighted by molar-refractivity contribution is 5.89. The number of hydrogen-bond donors (Lipinski definition) is 1. The summed E-state index contributed by atoms with van der Waals surface area (Å²) in [6.07, 6.45) is 0.772. The molecule has 32 heavy (non-hydrogen) atoms. The van der Waals surface area contributed by atoms with Crippen LogP contribution in [0.25, 0.3) is 28.2 Å². The van der Waals surface area contributed by atoms with Crippen molar-refractivity contribution in [2.45, 2.75) is 0 Å². The van der Waals surface area contributed by atoms with Crippen LogP contribution in [0.1, 0.15) is 20.7 Å². The Hall–Kier alpha value is -4.18. The van der Waals surface area contributed by atoms with Crippen LogP contribution in [0.3, 0.4) is 0 Å². The van der Waals surface area contributed by atoms with Gasteiger partial charge in [-0.05, 0) is 24.3 Å². The highest BCUT2D eigenvalue weighted by Gasteiger charge is 2.22. The monoisotopic (exact) mass is 430 g/mol. The normalized spacial score (nSPS) is 13.9. The Kier molecular flexibility index (Phi) is 5.04. The summed E-state index contributed by atoms with van der Waals surface area (Å²) in [5.74, 6) is -0.00246. The van der Waals surface area contributed by atoms with Crippen LogP contribution < -0.4 is 4.90 Å². The fourth-order valence-electron chi connectivity index (χ4n) is 3.62. The average Bonchev–Trinajstić information content (AvgIpc) is 3.28. The van der Waals surface area contributed by atoms with Gasteiger partial charge >= 0.3 is 5.97 Å². The van der Waals surface area contributed by atoms with Crippen LogP contribution in [0.2, 0.25) is 0 Å². The number of ether oxygens (including phenoxy) is 1. The van der Waals surface area contributed by atoms with Gasteiger partial charge in [-0.2, -0.15) is 4.68 Å². The molecule has 3 heterocycles. The Labute approximate surface area is 182 Å². The van der Waals surface area contributed by atoms with Crippen molar-refractivity contribution in [1.82, 2.24) is 25.0 Å². The van der Waals surface area contributed by atoms with E-state index in [4.69, 9.17) is 14.7 Å². The van der Waals surface area contributed by atoms with Gasteiger partial charge in [0.2, 0.25) is 0 Å². The third kappa shape index (κ3) is 3.56. The van der Waals surface area contributed by atoms with Crippen molar-refractivity contribution in [3.63, 3.8) is 0 Å². The number of aldehydes is 1. The molecule has 0 aliphatic carbocycles. The molecule has 5 rings (SSSR count). The van der Waals surface area contributed by atoms with E-state index in [1.165, 1.54) is 16.8 Å². The maximum Gasteiger partial charge on any atom is 0.335 e. The Morgan fingerprint density at radius 3 is 2.66 bits per heavy atom. The highest BCUT2D eigenvalue weighted by atomic mass is 16.5. The average molecular weight is 430 g/mol. The van der Waals surface area contributed by atoms with Crippen LogP contribution in [0.15, 0.2) is 48.5 Å². The third-order valence-corrected chi connectivity index (χ3v) is 5.21. The van der Waals surface area contributed by atoms with Crippen molar-refractivity contribution in [1.29, 1.82) is 0 Å². The zero-order chi connectivity index (χ0) is 22.1. The minimum atomic E-state index is -1.04. The number of morpholine rings is 1. The van der Waals surface area contributed by atoms with Gasteiger partial charge in [0.05, 0.1) is 24.5 Å². The van der Waals surface area contributed by atoms with E-state index in [-0.39, 0.29) is 5.56 Å². The van der Waals surface area contributed by atoms with Gasteiger partial charge in [-0.3, -0.25) is 4.79 Å². The van der Waals surface area contributed by atoms with E-state index in [0.717, 1.165) is 6.29 Å². The molecule has 0 bridgehead atoms. The van der Waals surface area contributed by atoms with Gasteiger partial charge in [0.15, 0.2) is 22.8 Å². The predicted octanol–water partition coefficient (Wildman–Crippen LogP) is 2.22. The molecule has 160 valence electrons. The standard InChI is InChI=1S/C22H18N6O4/c29-13-14-3-1-4-15(11-14)19-23-20(27-7-9-32-10-8-27)18-21(24-19)28(26-25-18)17-6-2-5-16(12-17)22(30)31/h1-6,11-13H,7-10H2,(H,30,31). The first-order chi connectivity index (χ1) is 15.6. The molecule has 10 heteroatoms. The minimum Gasteiger partial charge on any atom is -0.478 e. The molecule has 1 fully saturated rings. The first-order valence-corrected chi connectivity index (χ1v) is 9.99. The lowest BCUT2D eigenvalue weighted by atomic mass is 10.1. The van der Waals surface area contributed by atoms with Gasteiger partial charge in [0, 0.05) is 24.2 Å². The molecule has 1 aliphatic heterocycles. The number of benzene rings is 2. The van der Waals surface area contributed by atoms with Crippen LogP contribution in [0, 0.1) is 0 Å². The Morgan fingerprint density at radius 1 is 1.06 bits per heavy atom. The van der Waals surface area contributed by atoms with E-state index in [1.54, 1.807) is 30.3 Å². The summed E-state index contributed by atoms with van der Waals surface area (Å²) in [7, 11) is 0. The Morgan fingerprint density at radius 2 is 1.88 bits per heavy atom. The second-order valence-electron chi connectivity index (χ2n) is 7.24. The van der Waals surface area contributed by atoms with Crippen LogP contribution in [-0.2, 0) is 4.74 Å². The van der Waals surface area contributed by atoms with E-state index >= 15 is 0 Å². The number of carbonyl (C=O) groups excluding carboxylic acids is 1. The molecule has 4 aromatic rings. The number of fused-ring (bicyclic) bond motifs is 1. The number of nitrogens with zero attached hydrogens (tertiary/aromatic N) is 6.